The number of amides is 1. The molecular formula is C23H20N2O3. The molecule has 0 fully saturated rings. The van der Waals surface area contributed by atoms with Crippen molar-refractivity contribution in [2.45, 2.75) is 19.0 Å². The maximum atomic E-state index is 13.4. The lowest BCUT2D eigenvalue weighted by Gasteiger charge is -2.32. The van der Waals surface area contributed by atoms with E-state index in [1.165, 1.54) is 22.4 Å². The van der Waals surface area contributed by atoms with Gasteiger partial charge in [-0.2, -0.15) is 0 Å². The van der Waals surface area contributed by atoms with Gasteiger partial charge >= 0.3 is 0 Å². The summed E-state index contributed by atoms with van der Waals surface area (Å²) in [5, 5.41) is 0. The number of nitrogens with zero attached hydrogens (tertiary/aromatic N) is 2. The normalized spacial score (nSPS) is 14.2. The lowest BCUT2D eigenvalue weighted by molar-refractivity contribution is -0.134. The Balaban J connectivity index is 1.72. The first-order chi connectivity index (χ1) is 13.6. The van der Waals surface area contributed by atoms with Crippen LogP contribution in [-0.2, 0) is 17.8 Å². The molecule has 2 aromatic carbocycles. The predicted octanol–water partition coefficient (Wildman–Crippen LogP) is 2.86. The van der Waals surface area contributed by atoms with Gasteiger partial charge in [-0.05, 0) is 23.6 Å². The monoisotopic (exact) mass is 372 g/mol. The molecule has 1 amide bonds. The zero-order valence-corrected chi connectivity index (χ0v) is 15.3. The summed E-state index contributed by atoms with van der Waals surface area (Å²) in [6.45, 7) is 0.963. The van der Waals surface area contributed by atoms with Crippen molar-refractivity contribution in [1.29, 1.82) is 0 Å². The summed E-state index contributed by atoms with van der Waals surface area (Å²) in [7, 11) is 0. The van der Waals surface area contributed by atoms with Gasteiger partial charge in [0.1, 0.15) is 0 Å². The van der Waals surface area contributed by atoms with Gasteiger partial charge in [-0.3, -0.25) is 19.0 Å². The lowest BCUT2D eigenvalue weighted by Crippen LogP contribution is -2.45. The Morgan fingerprint density at radius 2 is 1.50 bits per heavy atom. The molecule has 1 aliphatic heterocycles. The second kappa shape index (κ2) is 7.64. The Hall–Kier alpha value is -3.47. The lowest BCUT2D eigenvalue weighted by atomic mass is 9.97. The van der Waals surface area contributed by atoms with Crippen LogP contribution >= 0.6 is 0 Å². The zero-order valence-electron chi connectivity index (χ0n) is 15.3. The Labute approximate surface area is 162 Å². The third-order valence-corrected chi connectivity index (χ3v) is 5.11. The summed E-state index contributed by atoms with van der Waals surface area (Å²) >= 11 is 0. The highest BCUT2D eigenvalue weighted by Crippen LogP contribution is 2.23. The molecular weight excluding hydrogens is 352 g/mol. The largest absolute Gasteiger partial charge is 0.336 e. The minimum absolute atomic E-state index is 0.350. The number of ketones is 1. The summed E-state index contributed by atoms with van der Waals surface area (Å²) < 4.78 is 1.23. The van der Waals surface area contributed by atoms with Gasteiger partial charge in [0.2, 0.25) is 0 Å². The van der Waals surface area contributed by atoms with Crippen LogP contribution in [0.25, 0.3) is 0 Å². The highest BCUT2D eigenvalue weighted by Gasteiger charge is 2.34. The van der Waals surface area contributed by atoms with Crippen molar-refractivity contribution < 1.29 is 9.59 Å². The van der Waals surface area contributed by atoms with Gasteiger partial charge in [0.25, 0.3) is 11.5 Å². The maximum Gasteiger partial charge on any atom is 0.254 e. The molecule has 0 unspecified atom stereocenters. The van der Waals surface area contributed by atoms with E-state index >= 15 is 0 Å². The molecule has 1 aromatic heterocycles. The van der Waals surface area contributed by atoms with Crippen molar-refractivity contribution in [1.82, 2.24) is 9.47 Å². The molecule has 0 bridgehead atoms. The van der Waals surface area contributed by atoms with E-state index < -0.39 is 6.04 Å². The first-order valence-electron chi connectivity index (χ1n) is 9.27. The number of carbonyl (C=O) groups is 2. The molecule has 2 heterocycles. The Bertz CT molecular complexity index is 1070. The third kappa shape index (κ3) is 3.39. The Morgan fingerprint density at radius 1 is 0.821 bits per heavy atom. The summed E-state index contributed by atoms with van der Waals surface area (Å²) in [6.07, 6.45) is 2.24. The number of aromatic nitrogens is 1. The molecule has 0 saturated heterocycles. The van der Waals surface area contributed by atoms with Crippen LogP contribution in [0.15, 0.2) is 83.8 Å². The van der Waals surface area contributed by atoms with Crippen molar-refractivity contribution in [2.24, 2.45) is 0 Å². The molecule has 5 heteroatoms. The van der Waals surface area contributed by atoms with Gasteiger partial charge in [-0.1, -0.05) is 60.7 Å². The molecule has 140 valence electrons. The van der Waals surface area contributed by atoms with E-state index in [1.807, 2.05) is 24.3 Å². The highest BCUT2D eigenvalue weighted by atomic mass is 16.2. The molecule has 5 nitrogen and oxygen atoms in total. The average Bonchev–Trinajstić information content (AvgIpc) is 2.75. The third-order valence-electron chi connectivity index (χ3n) is 5.11. The number of carbonyl (C=O) groups excluding carboxylic acids is 2. The summed E-state index contributed by atoms with van der Waals surface area (Å²) in [4.78, 5) is 40.7. The van der Waals surface area contributed by atoms with Gasteiger partial charge < -0.3 is 4.90 Å². The Morgan fingerprint density at radius 3 is 2.25 bits per heavy atom. The van der Waals surface area contributed by atoms with Crippen molar-refractivity contribution in [2.75, 3.05) is 6.54 Å². The van der Waals surface area contributed by atoms with E-state index in [-0.39, 0.29) is 17.2 Å². The number of hydrogen-bond acceptors (Lipinski definition) is 3. The minimum Gasteiger partial charge on any atom is -0.336 e. The number of benzene rings is 2. The molecule has 1 aliphatic rings. The number of Topliss-reactive ketones (excluding diaryl/α,β-unsaturated/α-hetero) is 1. The van der Waals surface area contributed by atoms with Crippen molar-refractivity contribution in [3.05, 3.63) is 106 Å². The second-order valence-electron chi connectivity index (χ2n) is 6.86. The fraction of sp³-hybridized carbons (Fsp3) is 0.174. The van der Waals surface area contributed by atoms with Crippen LogP contribution in [0.3, 0.4) is 0 Å². The summed E-state index contributed by atoms with van der Waals surface area (Å²) in [6, 6.07) is 20.1. The zero-order chi connectivity index (χ0) is 19.5. The molecule has 4 rings (SSSR count). The van der Waals surface area contributed by atoms with Gasteiger partial charge in [-0.15, -0.1) is 0 Å². The van der Waals surface area contributed by atoms with Gasteiger partial charge in [0.05, 0.1) is 0 Å². The van der Waals surface area contributed by atoms with Crippen LogP contribution in [0, 0.1) is 0 Å². The Kier molecular flexibility index (Phi) is 4.89. The number of pyridine rings is 1. The predicted molar refractivity (Wildman–Crippen MR) is 106 cm³/mol. The summed E-state index contributed by atoms with van der Waals surface area (Å²) in [5.41, 5.74) is 2.33. The van der Waals surface area contributed by atoms with Crippen molar-refractivity contribution >= 4 is 11.7 Å². The molecule has 3 aromatic rings. The fourth-order valence-electron chi connectivity index (χ4n) is 3.63. The highest BCUT2D eigenvalue weighted by molar-refractivity contribution is 6.11. The quantitative estimate of drug-likeness (QED) is 0.523. The molecule has 0 saturated carbocycles. The van der Waals surface area contributed by atoms with Crippen LogP contribution < -0.4 is 5.56 Å². The van der Waals surface area contributed by atoms with Crippen LogP contribution in [0.2, 0.25) is 0 Å². The van der Waals surface area contributed by atoms with E-state index in [9.17, 15) is 14.4 Å². The minimum atomic E-state index is -1.21. The van der Waals surface area contributed by atoms with E-state index in [0.717, 1.165) is 12.0 Å². The topological polar surface area (TPSA) is 59.4 Å². The van der Waals surface area contributed by atoms with E-state index in [2.05, 4.69) is 6.07 Å². The van der Waals surface area contributed by atoms with Gasteiger partial charge in [0.15, 0.2) is 11.8 Å². The van der Waals surface area contributed by atoms with Crippen LogP contribution in [0.5, 0.6) is 0 Å². The second-order valence-corrected chi connectivity index (χ2v) is 6.86. The number of fused-ring (bicyclic) bond motifs is 1. The van der Waals surface area contributed by atoms with Gasteiger partial charge in [0, 0.05) is 30.9 Å². The van der Waals surface area contributed by atoms with E-state index in [1.54, 1.807) is 41.3 Å². The van der Waals surface area contributed by atoms with Crippen LogP contribution in [-0.4, -0.2) is 27.7 Å². The van der Waals surface area contributed by atoms with Crippen molar-refractivity contribution in [3.8, 4) is 0 Å². The van der Waals surface area contributed by atoms with Crippen LogP contribution in [0.4, 0.5) is 0 Å². The first-order valence-corrected chi connectivity index (χ1v) is 9.27. The molecule has 1 atom stereocenters. The number of rotatable bonds is 4. The molecule has 28 heavy (non-hydrogen) atoms. The molecule has 0 radical (unpaired) electrons. The molecule has 0 aliphatic carbocycles. The molecule has 0 N–H and O–H groups in total. The summed E-state index contributed by atoms with van der Waals surface area (Å²) in [5.74, 6) is -0.727. The maximum absolute atomic E-state index is 13.4. The first kappa shape index (κ1) is 17.9. The average molecular weight is 372 g/mol. The standard InChI is InChI=1S/C23H20N2O3/c26-20-12-6-7-14-25(20)21(22(27)18-9-2-1-3-10-18)23(28)24-15-13-17-8-4-5-11-19(17)16-24/h1-12,14,21H,13,15-16H2/t21-/m1/s1. The van der Waals surface area contributed by atoms with Gasteiger partial charge in [-0.25, -0.2) is 0 Å². The van der Waals surface area contributed by atoms with Crippen LogP contribution in [0.1, 0.15) is 27.5 Å². The number of hydrogen-bond donors (Lipinski definition) is 0. The van der Waals surface area contributed by atoms with E-state index in [0.29, 0.717) is 18.7 Å². The smallest absolute Gasteiger partial charge is 0.254 e. The van der Waals surface area contributed by atoms with Crippen molar-refractivity contribution in [3.63, 3.8) is 0 Å². The SMILES string of the molecule is O=C(c1ccccc1)[C@H](C(=O)N1CCc2ccccc2C1)n1ccccc1=O. The van der Waals surface area contributed by atoms with E-state index in [4.69, 9.17) is 0 Å². The fourth-order valence-corrected chi connectivity index (χ4v) is 3.63. The molecule has 0 spiro atoms.